The number of ketones is 2. The van der Waals surface area contributed by atoms with Crippen LogP contribution in [0.2, 0.25) is 0 Å². The Labute approximate surface area is 182 Å². The topological polar surface area (TPSA) is 86.7 Å². The minimum Gasteiger partial charge on any atom is -0.462 e. The molecule has 4 aliphatic carbocycles. The van der Waals surface area contributed by atoms with Crippen molar-refractivity contribution in [1.82, 2.24) is 0 Å². The van der Waals surface area contributed by atoms with Crippen molar-refractivity contribution in [3.63, 3.8) is 0 Å². The van der Waals surface area contributed by atoms with E-state index in [1.165, 1.54) is 19.4 Å². The number of Topliss-reactive ketones (excluding diaryl/α,β-unsaturated/α-hetero) is 1. The lowest BCUT2D eigenvalue weighted by atomic mass is 9.52. The molecule has 0 aromatic carbocycles. The standard InChI is InChI=1S/C25H30O6/c1-14(26)30-13-21(29)23-22(31-15(2)27)12-20-18-6-5-16-11-17(28)7-9-24(16,3)19(18)8-10-25(20,23)4/h7-9,11,18,20,22-23H,5-6,10,12-13H2,1-4H3/t18?,20?,22-,23?,24?,25?/m1/s1. The maximum atomic E-state index is 13.1. The number of fused-ring (bicyclic) bond motifs is 5. The van der Waals surface area contributed by atoms with Crippen LogP contribution in [0, 0.1) is 28.6 Å². The minimum atomic E-state index is -0.517. The summed E-state index contributed by atoms with van der Waals surface area (Å²) in [4.78, 5) is 48.1. The molecule has 6 atom stereocenters. The van der Waals surface area contributed by atoms with Crippen molar-refractivity contribution < 1.29 is 28.7 Å². The highest BCUT2D eigenvalue weighted by molar-refractivity contribution is 6.01. The average Bonchev–Trinajstić information content (AvgIpc) is 2.98. The van der Waals surface area contributed by atoms with Crippen LogP contribution in [0.1, 0.15) is 53.4 Å². The first kappa shape index (κ1) is 21.7. The molecule has 166 valence electrons. The molecule has 31 heavy (non-hydrogen) atoms. The van der Waals surface area contributed by atoms with E-state index in [2.05, 4.69) is 19.9 Å². The zero-order valence-electron chi connectivity index (χ0n) is 18.6. The molecule has 2 fully saturated rings. The fraction of sp³-hybridized carbons (Fsp3) is 0.600. The van der Waals surface area contributed by atoms with E-state index in [4.69, 9.17) is 9.47 Å². The first-order chi connectivity index (χ1) is 14.6. The maximum absolute atomic E-state index is 13.1. The Morgan fingerprint density at radius 3 is 2.58 bits per heavy atom. The van der Waals surface area contributed by atoms with Gasteiger partial charge in [0.15, 0.2) is 11.6 Å². The zero-order chi connectivity index (χ0) is 22.6. The molecule has 0 spiro atoms. The number of esters is 2. The van der Waals surface area contributed by atoms with E-state index >= 15 is 0 Å². The van der Waals surface area contributed by atoms with Crippen molar-refractivity contribution in [3.8, 4) is 0 Å². The summed E-state index contributed by atoms with van der Waals surface area (Å²) >= 11 is 0. The molecule has 0 N–H and O–H groups in total. The van der Waals surface area contributed by atoms with Crippen molar-refractivity contribution in [2.24, 2.45) is 28.6 Å². The van der Waals surface area contributed by atoms with Gasteiger partial charge in [-0.15, -0.1) is 0 Å². The van der Waals surface area contributed by atoms with Gasteiger partial charge in [0.05, 0.1) is 5.92 Å². The molecule has 0 saturated heterocycles. The van der Waals surface area contributed by atoms with E-state index in [9.17, 15) is 19.2 Å². The third kappa shape index (κ3) is 3.50. The second-order valence-electron chi connectivity index (χ2n) is 9.84. The summed E-state index contributed by atoms with van der Waals surface area (Å²) in [5.74, 6) is -1.13. The Morgan fingerprint density at radius 2 is 1.90 bits per heavy atom. The number of ether oxygens (including phenoxy) is 2. The number of hydrogen-bond acceptors (Lipinski definition) is 6. The van der Waals surface area contributed by atoms with E-state index in [1.807, 2.05) is 6.08 Å². The predicted octanol–water partition coefficient (Wildman–Crippen LogP) is 3.50. The zero-order valence-corrected chi connectivity index (χ0v) is 18.6. The summed E-state index contributed by atoms with van der Waals surface area (Å²) in [5, 5.41) is 0. The van der Waals surface area contributed by atoms with Crippen LogP contribution < -0.4 is 0 Å². The highest BCUT2D eigenvalue weighted by Crippen LogP contribution is 2.64. The van der Waals surface area contributed by atoms with E-state index < -0.39 is 24.0 Å². The van der Waals surface area contributed by atoms with Gasteiger partial charge in [0.1, 0.15) is 12.7 Å². The number of hydrogen-bond donors (Lipinski definition) is 0. The number of rotatable bonds is 4. The molecule has 0 heterocycles. The molecule has 4 rings (SSSR count). The Balaban J connectivity index is 1.69. The van der Waals surface area contributed by atoms with Crippen molar-refractivity contribution in [1.29, 1.82) is 0 Å². The van der Waals surface area contributed by atoms with Gasteiger partial charge in [0.25, 0.3) is 0 Å². The van der Waals surface area contributed by atoms with Crippen LogP contribution in [0.5, 0.6) is 0 Å². The Hall–Kier alpha value is -2.50. The van der Waals surface area contributed by atoms with Gasteiger partial charge in [-0.25, -0.2) is 0 Å². The second kappa shape index (κ2) is 7.57. The van der Waals surface area contributed by atoms with E-state index in [0.717, 1.165) is 18.4 Å². The van der Waals surface area contributed by atoms with Gasteiger partial charge < -0.3 is 9.47 Å². The summed E-state index contributed by atoms with van der Waals surface area (Å²) in [7, 11) is 0. The molecule has 0 aromatic heterocycles. The van der Waals surface area contributed by atoms with Crippen molar-refractivity contribution in [2.45, 2.75) is 59.5 Å². The summed E-state index contributed by atoms with van der Waals surface area (Å²) in [6.07, 6.45) is 10.2. The highest BCUT2D eigenvalue weighted by Gasteiger charge is 2.61. The van der Waals surface area contributed by atoms with Crippen molar-refractivity contribution in [2.75, 3.05) is 6.61 Å². The van der Waals surface area contributed by atoms with Gasteiger partial charge in [-0.05, 0) is 62.0 Å². The molecule has 6 nitrogen and oxygen atoms in total. The van der Waals surface area contributed by atoms with Gasteiger partial charge in [-0.3, -0.25) is 19.2 Å². The lowest BCUT2D eigenvalue weighted by molar-refractivity contribution is -0.156. The SMILES string of the molecule is CC(=O)OCC(=O)C1[C@H](OC(C)=O)CC2C3CCC4=CC(=O)C=CC4(C)C3=CCC21C. The number of allylic oxidation sites excluding steroid dienone is 6. The highest BCUT2D eigenvalue weighted by atomic mass is 16.5. The molecule has 0 amide bonds. The predicted molar refractivity (Wildman–Crippen MR) is 113 cm³/mol. The van der Waals surface area contributed by atoms with Gasteiger partial charge in [0.2, 0.25) is 0 Å². The summed E-state index contributed by atoms with van der Waals surface area (Å²) < 4.78 is 10.6. The average molecular weight is 427 g/mol. The van der Waals surface area contributed by atoms with Gasteiger partial charge in [-0.2, -0.15) is 0 Å². The maximum Gasteiger partial charge on any atom is 0.303 e. The molecule has 4 aliphatic rings. The van der Waals surface area contributed by atoms with Gasteiger partial charge in [-0.1, -0.05) is 30.2 Å². The number of carbonyl (C=O) groups excluding carboxylic acids is 4. The van der Waals surface area contributed by atoms with E-state index in [-0.39, 0.29) is 40.8 Å². The second-order valence-corrected chi connectivity index (χ2v) is 9.84. The molecule has 0 bridgehead atoms. The van der Waals surface area contributed by atoms with E-state index in [1.54, 1.807) is 12.2 Å². The van der Waals surface area contributed by atoms with E-state index in [0.29, 0.717) is 12.8 Å². The quantitative estimate of drug-likeness (QED) is 0.505. The monoisotopic (exact) mass is 426 g/mol. The van der Waals surface area contributed by atoms with Crippen LogP contribution in [0.4, 0.5) is 0 Å². The molecular weight excluding hydrogens is 396 g/mol. The number of carbonyl (C=O) groups is 4. The fourth-order valence-corrected chi connectivity index (χ4v) is 6.68. The molecule has 2 saturated carbocycles. The third-order valence-corrected chi connectivity index (χ3v) is 8.03. The first-order valence-corrected chi connectivity index (χ1v) is 11.0. The largest absolute Gasteiger partial charge is 0.462 e. The minimum absolute atomic E-state index is 0.0408. The Kier molecular flexibility index (Phi) is 5.31. The van der Waals surface area contributed by atoms with Crippen LogP contribution >= 0.6 is 0 Å². The summed E-state index contributed by atoms with van der Waals surface area (Å²) in [6.45, 7) is 6.63. The molecule has 0 aromatic rings. The molecule has 5 unspecified atom stereocenters. The third-order valence-electron chi connectivity index (χ3n) is 8.03. The van der Waals surface area contributed by atoms with Crippen LogP contribution in [0.3, 0.4) is 0 Å². The molecular formula is C25H30O6. The van der Waals surface area contributed by atoms with Crippen LogP contribution in [-0.4, -0.2) is 36.2 Å². The van der Waals surface area contributed by atoms with Gasteiger partial charge >= 0.3 is 11.9 Å². The molecule has 0 radical (unpaired) electrons. The normalized spacial score (nSPS) is 38.3. The lowest BCUT2D eigenvalue weighted by Crippen LogP contribution is -2.46. The van der Waals surface area contributed by atoms with Crippen molar-refractivity contribution >= 4 is 23.5 Å². The Morgan fingerprint density at radius 1 is 1.16 bits per heavy atom. The first-order valence-electron chi connectivity index (χ1n) is 11.0. The van der Waals surface area contributed by atoms with Gasteiger partial charge in [0, 0.05) is 19.3 Å². The van der Waals surface area contributed by atoms with Crippen LogP contribution in [0.25, 0.3) is 0 Å². The molecule has 6 heteroatoms. The van der Waals surface area contributed by atoms with Crippen molar-refractivity contribution in [3.05, 3.63) is 35.5 Å². The smallest absolute Gasteiger partial charge is 0.303 e. The van der Waals surface area contributed by atoms with Crippen LogP contribution in [-0.2, 0) is 28.7 Å². The summed E-state index contributed by atoms with van der Waals surface area (Å²) in [6, 6.07) is 0. The molecule has 0 aliphatic heterocycles. The summed E-state index contributed by atoms with van der Waals surface area (Å²) in [5.41, 5.74) is 1.82. The van der Waals surface area contributed by atoms with Crippen LogP contribution in [0.15, 0.2) is 35.5 Å². The lowest BCUT2D eigenvalue weighted by Gasteiger charge is -2.52. The Bertz CT molecular complexity index is 940. The fourth-order valence-electron chi connectivity index (χ4n) is 6.68.